The van der Waals surface area contributed by atoms with Crippen molar-refractivity contribution in [2.45, 2.75) is 52.0 Å². The number of hydrogen-bond acceptors (Lipinski definition) is 4. The molecule has 2 unspecified atom stereocenters. The molecule has 5 nitrogen and oxygen atoms in total. The molecule has 0 aliphatic heterocycles. The third kappa shape index (κ3) is 3.90. The van der Waals surface area contributed by atoms with Gasteiger partial charge in [0.25, 0.3) is 0 Å². The molecule has 0 aliphatic carbocycles. The predicted molar refractivity (Wildman–Crippen MR) is 64.4 cm³/mol. The largest absolute Gasteiger partial charge is 0.271 e. The van der Waals surface area contributed by atoms with Crippen LogP contribution >= 0.6 is 0 Å². The van der Waals surface area contributed by atoms with Crippen molar-refractivity contribution in [3.8, 4) is 0 Å². The Morgan fingerprint density at radius 1 is 1.50 bits per heavy atom. The van der Waals surface area contributed by atoms with Crippen LogP contribution in [0.2, 0.25) is 0 Å². The minimum atomic E-state index is 0.112. The number of hydrogen-bond donors (Lipinski definition) is 3. The Morgan fingerprint density at radius 2 is 2.31 bits per heavy atom. The zero-order valence-electron chi connectivity index (χ0n) is 10.2. The van der Waals surface area contributed by atoms with Gasteiger partial charge in [-0.05, 0) is 12.3 Å². The minimum Gasteiger partial charge on any atom is -0.271 e. The van der Waals surface area contributed by atoms with Gasteiger partial charge in [0.1, 0.15) is 5.69 Å². The fraction of sp³-hybridized carbons (Fsp3) is 0.818. The summed E-state index contributed by atoms with van der Waals surface area (Å²) >= 11 is 0. The third-order valence-corrected chi connectivity index (χ3v) is 3.10. The van der Waals surface area contributed by atoms with Crippen molar-refractivity contribution in [3.05, 3.63) is 11.9 Å². The Kier molecular flexibility index (Phi) is 6.03. The Labute approximate surface area is 97.2 Å². The molecule has 0 saturated heterocycles. The van der Waals surface area contributed by atoms with Crippen LogP contribution in [0.1, 0.15) is 57.7 Å². The van der Waals surface area contributed by atoms with Crippen molar-refractivity contribution < 1.29 is 0 Å². The molecule has 1 aromatic rings. The van der Waals surface area contributed by atoms with E-state index in [1.165, 1.54) is 25.7 Å². The number of nitrogens with one attached hydrogen (secondary N) is 2. The number of aromatic nitrogens is 3. The average Bonchev–Trinajstić information content (AvgIpc) is 2.83. The topological polar surface area (TPSA) is 79.6 Å². The van der Waals surface area contributed by atoms with Crippen molar-refractivity contribution in [1.29, 1.82) is 0 Å². The first kappa shape index (κ1) is 13.1. The Morgan fingerprint density at radius 3 is 2.81 bits per heavy atom. The van der Waals surface area contributed by atoms with Crippen molar-refractivity contribution in [1.82, 2.24) is 20.8 Å². The SMILES string of the molecule is CCCCC(CC)CC(NN)c1cn[nH]n1. The number of H-pyrrole nitrogens is 1. The first-order valence-corrected chi connectivity index (χ1v) is 6.13. The van der Waals surface area contributed by atoms with Gasteiger partial charge in [-0.3, -0.25) is 11.3 Å². The van der Waals surface area contributed by atoms with Crippen LogP contribution < -0.4 is 11.3 Å². The van der Waals surface area contributed by atoms with E-state index in [2.05, 4.69) is 34.7 Å². The molecule has 4 N–H and O–H groups in total. The number of hydrazine groups is 1. The quantitative estimate of drug-likeness (QED) is 0.466. The summed E-state index contributed by atoms with van der Waals surface area (Å²) in [6.07, 6.45) is 7.76. The van der Waals surface area contributed by atoms with E-state index in [1.807, 2.05) is 0 Å². The number of rotatable bonds is 8. The molecule has 1 rings (SSSR count). The molecule has 0 bridgehead atoms. The maximum atomic E-state index is 5.56. The van der Waals surface area contributed by atoms with Gasteiger partial charge in [-0.2, -0.15) is 15.4 Å². The van der Waals surface area contributed by atoms with Crippen LogP contribution in [0.5, 0.6) is 0 Å². The highest BCUT2D eigenvalue weighted by Gasteiger charge is 2.17. The summed E-state index contributed by atoms with van der Waals surface area (Å²) in [6, 6.07) is 0.112. The molecule has 0 aromatic carbocycles. The lowest BCUT2D eigenvalue weighted by atomic mass is 9.91. The lowest BCUT2D eigenvalue weighted by molar-refractivity contribution is 0.352. The van der Waals surface area contributed by atoms with E-state index in [0.29, 0.717) is 5.92 Å². The van der Waals surface area contributed by atoms with Crippen LogP contribution in [0.15, 0.2) is 6.20 Å². The first-order valence-electron chi connectivity index (χ1n) is 6.13. The summed E-state index contributed by atoms with van der Waals surface area (Å²) in [5.74, 6) is 6.27. The molecule has 1 aromatic heterocycles. The Hall–Kier alpha value is -0.940. The summed E-state index contributed by atoms with van der Waals surface area (Å²) in [6.45, 7) is 4.46. The molecule has 16 heavy (non-hydrogen) atoms. The molecule has 0 aliphatic rings. The predicted octanol–water partition coefficient (Wildman–Crippen LogP) is 1.92. The molecule has 0 spiro atoms. The lowest BCUT2D eigenvalue weighted by Gasteiger charge is -2.20. The molecule has 2 atom stereocenters. The summed E-state index contributed by atoms with van der Waals surface area (Å²) in [5.41, 5.74) is 3.72. The van der Waals surface area contributed by atoms with Gasteiger partial charge in [0.2, 0.25) is 0 Å². The second kappa shape index (κ2) is 7.35. The van der Waals surface area contributed by atoms with Crippen LogP contribution in [-0.2, 0) is 0 Å². The van der Waals surface area contributed by atoms with Crippen LogP contribution in [-0.4, -0.2) is 15.4 Å². The molecule has 0 radical (unpaired) electrons. The second-order valence-corrected chi connectivity index (χ2v) is 4.27. The minimum absolute atomic E-state index is 0.112. The van der Waals surface area contributed by atoms with Crippen LogP contribution in [0.4, 0.5) is 0 Å². The average molecular weight is 225 g/mol. The van der Waals surface area contributed by atoms with E-state index in [-0.39, 0.29) is 6.04 Å². The van der Waals surface area contributed by atoms with E-state index >= 15 is 0 Å². The van der Waals surface area contributed by atoms with Gasteiger partial charge < -0.3 is 0 Å². The summed E-state index contributed by atoms with van der Waals surface area (Å²) in [4.78, 5) is 0. The van der Waals surface area contributed by atoms with E-state index in [4.69, 9.17) is 5.84 Å². The normalized spacial score (nSPS) is 14.9. The summed E-state index contributed by atoms with van der Waals surface area (Å²) in [7, 11) is 0. The smallest absolute Gasteiger partial charge is 0.101 e. The fourth-order valence-electron chi connectivity index (χ4n) is 1.97. The summed E-state index contributed by atoms with van der Waals surface area (Å²) in [5, 5.41) is 10.5. The molecule has 92 valence electrons. The third-order valence-electron chi connectivity index (χ3n) is 3.10. The van der Waals surface area contributed by atoms with Gasteiger partial charge in [0.05, 0.1) is 12.2 Å². The molecule has 1 heterocycles. The number of nitrogens with two attached hydrogens (primary N) is 1. The van der Waals surface area contributed by atoms with Crippen molar-refractivity contribution >= 4 is 0 Å². The molecule has 5 heteroatoms. The second-order valence-electron chi connectivity index (χ2n) is 4.27. The first-order chi connectivity index (χ1) is 7.81. The van der Waals surface area contributed by atoms with Crippen LogP contribution in [0, 0.1) is 5.92 Å². The number of nitrogens with zero attached hydrogens (tertiary/aromatic N) is 2. The van der Waals surface area contributed by atoms with Gasteiger partial charge in [-0.15, -0.1) is 0 Å². The van der Waals surface area contributed by atoms with Crippen LogP contribution in [0.3, 0.4) is 0 Å². The lowest BCUT2D eigenvalue weighted by Crippen LogP contribution is -2.30. The van der Waals surface area contributed by atoms with Gasteiger partial charge in [0, 0.05) is 0 Å². The Bertz CT molecular complexity index is 259. The zero-order chi connectivity index (χ0) is 11.8. The van der Waals surface area contributed by atoms with Gasteiger partial charge >= 0.3 is 0 Å². The molecule has 0 saturated carbocycles. The van der Waals surface area contributed by atoms with E-state index in [1.54, 1.807) is 6.20 Å². The summed E-state index contributed by atoms with van der Waals surface area (Å²) < 4.78 is 0. The van der Waals surface area contributed by atoms with Crippen molar-refractivity contribution in [2.75, 3.05) is 0 Å². The zero-order valence-corrected chi connectivity index (χ0v) is 10.2. The standard InChI is InChI=1S/C11H23N5/c1-3-5-6-9(4-2)7-10(14-12)11-8-13-16-15-11/h8-10,14H,3-7,12H2,1-2H3,(H,13,15,16). The fourth-order valence-corrected chi connectivity index (χ4v) is 1.97. The highest BCUT2D eigenvalue weighted by Crippen LogP contribution is 2.24. The highest BCUT2D eigenvalue weighted by atomic mass is 15.3. The molecule has 0 amide bonds. The van der Waals surface area contributed by atoms with E-state index < -0.39 is 0 Å². The molecular formula is C11H23N5. The maximum Gasteiger partial charge on any atom is 0.101 e. The van der Waals surface area contributed by atoms with Gasteiger partial charge in [-0.25, -0.2) is 0 Å². The molecular weight excluding hydrogens is 202 g/mol. The number of unbranched alkanes of at least 4 members (excludes halogenated alkanes) is 1. The molecule has 0 fully saturated rings. The van der Waals surface area contributed by atoms with Gasteiger partial charge in [-0.1, -0.05) is 39.5 Å². The van der Waals surface area contributed by atoms with Crippen molar-refractivity contribution in [2.24, 2.45) is 11.8 Å². The highest BCUT2D eigenvalue weighted by molar-refractivity contribution is 4.99. The number of aromatic amines is 1. The maximum absolute atomic E-state index is 5.56. The monoisotopic (exact) mass is 225 g/mol. The Balaban J connectivity index is 2.47. The van der Waals surface area contributed by atoms with Crippen molar-refractivity contribution in [3.63, 3.8) is 0 Å². The van der Waals surface area contributed by atoms with E-state index in [9.17, 15) is 0 Å². The van der Waals surface area contributed by atoms with E-state index in [0.717, 1.165) is 12.1 Å². The van der Waals surface area contributed by atoms with Crippen LogP contribution in [0.25, 0.3) is 0 Å². The van der Waals surface area contributed by atoms with Gasteiger partial charge in [0.15, 0.2) is 0 Å².